The molecule has 1 aliphatic rings. The van der Waals surface area contributed by atoms with Crippen LogP contribution in [0.2, 0.25) is 0 Å². The first-order chi connectivity index (χ1) is 7.67. The van der Waals surface area contributed by atoms with Crippen LogP contribution in [-0.2, 0) is 0 Å². The maximum atomic E-state index is 3.74. The molecule has 1 N–H and O–H groups in total. The van der Waals surface area contributed by atoms with E-state index in [0.717, 1.165) is 6.54 Å². The number of nitrogens with zero attached hydrogens (tertiary/aromatic N) is 2. The van der Waals surface area contributed by atoms with Gasteiger partial charge in [0, 0.05) is 37.8 Å². The molecule has 102 valence electrons. The lowest BCUT2D eigenvalue weighted by molar-refractivity contribution is -0.0523. The maximum absolute atomic E-state index is 3.74. The Balaban J connectivity index is 2.70. The smallest absolute Gasteiger partial charge is 0.0277 e. The van der Waals surface area contributed by atoms with Crippen LogP contribution in [0.1, 0.15) is 53.9 Å². The van der Waals surface area contributed by atoms with Crippen molar-refractivity contribution >= 4 is 0 Å². The Kier molecular flexibility index (Phi) is 4.61. The second-order valence-corrected chi connectivity index (χ2v) is 6.91. The van der Waals surface area contributed by atoms with Gasteiger partial charge < -0.3 is 5.32 Å². The van der Waals surface area contributed by atoms with Crippen molar-refractivity contribution in [2.45, 2.75) is 71.0 Å². The van der Waals surface area contributed by atoms with E-state index in [1.165, 1.54) is 19.3 Å². The number of nitrogens with one attached hydrogen (secondary N) is 1. The van der Waals surface area contributed by atoms with Crippen LogP contribution in [0.3, 0.4) is 0 Å². The Labute approximate surface area is 108 Å². The predicted octanol–water partition coefficient (Wildman–Crippen LogP) is 2.48. The summed E-state index contributed by atoms with van der Waals surface area (Å²) in [5.74, 6) is 0. The second kappa shape index (κ2) is 5.25. The summed E-state index contributed by atoms with van der Waals surface area (Å²) in [6.45, 7) is 12.6. The van der Waals surface area contributed by atoms with Crippen molar-refractivity contribution in [3.63, 3.8) is 0 Å². The van der Waals surface area contributed by atoms with E-state index in [4.69, 9.17) is 0 Å². The normalized spacial score (nSPS) is 24.5. The van der Waals surface area contributed by atoms with E-state index in [0.29, 0.717) is 6.04 Å². The summed E-state index contributed by atoms with van der Waals surface area (Å²) >= 11 is 0. The molecule has 1 fully saturated rings. The summed E-state index contributed by atoms with van der Waals surface area (Å²) in [6.07, 6.45) is 3.63. The minimum absolute atomic E-state index is 0.230. The summed E-state index contributed by atoms with van der Waals surface area (Å²) in [5.41, 5.74) is 0.460. The largest absolute Gasteiger partial charge is 0.307 e. The molecule has 0 bridgehead atoms. The zero-order valence-corrected chi connectivity index (χ0v) is 12.8. The first-order valence-corrected chi connectivity index (χ1v) is 6.90. The molecule has 3 heteroatoms. The lowest BCUT2D eigenvalue weighted by atomic mass is 9.79. The Morgan fingerprint density at radius 1 is 1.06 bits per heavy atom. The fraction of sp³-hybridized carbons (Fsp3) is 1.00. The van der Waals surface area contributed by atoms with Crippen molar-refractivity contribution in [3.05, 3.63) is 0 Å². The van der Waals surface area contributed by atoms with Crippen LogP contribution in [0.25, 0.3) is 0 Å². The van der Waals surface area contributed by atoms with Gasteiger partial charge in [0.15, 0.2) is 0 Å². The zero-order valence-electron chi connectivity index (χ0n) is 12.8. The first-order valence-electron chi connectivity index (χ1n) is 6.90. The van der Waals surface area contributed by atoms with Gasteiger partial charge in [-0.05, 0) is 47.0 Å². The van der Waals surface area contributed by atoms with Crippen molar-refractivity contribution in [1.82, 2.24) is 15.3 Å². The van der Waals surface area contributed by atoms with Crippen LogP contribution >= 0.6 is 0 Å². The van der Waals surface area contributed by atoms with Crippen LogP contribution in [0.5, 0.6) is 0 Å². The fourth-order valence-electron chi connectivity index (χ4n) is 3.29. The average Bonchev–Trinajstić information content (AvgIpc) is 2.12. The maximum Gasteiger partial charge on any atom is 0.0277 e. The fourth-order valence-corrected chi connectivity index (χ4v) is 3.29. The summed E-state index contributed by atoms with van der Waals surface area (Å²) in [5, 5.41) is 8.54. The van der Waals surface area contributed by atoms with Gasteiger partial charge in [-0.25, -0.2) is 10.0 Å². The van der Waals surface area contributed by atoms with Gasteiger partial charge in [0.25, 0.3) is 0 Å². The van der Waals surface area contributed by atoms with Gasteiger partial charge >= 0.3 is 0 Å². The lowest BCUT2D eigenvalue weighted by Crippen LogP contribution is -2.63. The molecule has 1 heterocycles. The molecular formula is C14H31N3. The average molecular weight is 241 g/mol. The molecular weight excluding hydrogens is 210 g/mol. The lowest BCUT2D eigenvalue weighted by Gasteiger charge is -2.50. The highest BCUT2D eigenvalue weighted by molar-refractivity contribution is 4.99. The van der Waals surface area contributed by atoms with Crippen molar-refractivity contribution < 1.29 is 0 Å². The Hall–Kier alpha value is -0.120. The number of hydrazine groups is 1. The van der Waals surface area contributed by atoms with E-state index < -0.39 is 0 Å². The Bertz CT molecular complexity index is 232. The summed E-state index contributed by atoms with van der Waals surface area (Å²) in [7, 11) is 4.43. The van der Waals surface area contributed by atoms with Crippen molar-refractivity contribution in [3.8, 4) is 0 Å². The minimum Gasteiger partial charge on any atom is -0.307 e. The molecule has 0 aromatic heterocycles. The van der Waals surface area contributed by atoms with E-state index in [2.05, 4.69) is 64.0 Å². The minimum atomic E-state index is 0.230. The third-order valence-electron chi connectivity index (χ3n) is 3.78. The quantitative estimate of drug-likeness (QED) is 0.763. The number of piperidine rings is 1. The number of hydrogen-bond acceptors (Lipinski definition) is 3. The van der Waals surface area contributed by atoms with E-state index >= 15 is 0 Å². The number of rotatable bonds is 4. The monoisotopic (exact) mass is 241 g/mol. The van der Waals surface area contributed by atoms with Crippen LogP contribution in [0.4, 0.5) is 0 Å². The molecule has 3 nitrogen and oxygen atoms in total. The van der Waals surface area contributed by atoms with Gasteiger partial charge in [0.05, 0.1) is 0 Å². The number of hydrogen-bond donors (Lipinski definition) is 1. The van der Waals surface area contributed by atoms with Gasteiger partial charge in [-0.3, -0.25) is 0 Å². The van der Waals surface area contributed by atoms with E-state index in [1.54, 1.807) is 0 Å². The van der Waals surface area contributed by atoms with Crippen molar-refractivity contribution in [2.75, 3.05) is 20.6 Å². The van der Waals surface area contributed by atoms with E-state index in [1.807, 2.05) is 0 Å². The highest BCUT2D eigenvalue weighted by atomic mass is 15.6. The van der Waals surface area contributed by atoms with Gasteiger partial charge in [0.1, 0.15) is 0 Å². The molecule has 0 atom stereocenters. The molecule has 0 aromatic carbocycles. The van der Waals surface area contributed by atoms with Crippen LogP contribution < -0.4 is 5.32 Å². The molecule has 1 aliphatic heterocycles. The van der Waals surface area contributed by atoms with Crippen molar-refractivity contribution in [1.29, 1.82) is 0 Å². The standard InChI is InChI=1S/C14H31N3/c1-8-9-16(6)17(7)12-10-13(2,3)15-14(4,5)11-12/h12,15H,8-11H2,1-7H3. The predicted molar refractivity (Wildman–Crippen MR) is 75.0 cm³/mol. The van der Waals surface area contributed by atoms with Gasteiger partial charge in [0.2, 0.25) is 0 Å². The molecule has 0 aromatic rings. The summed E-state index contributed by atoms with van der Waals surface area (Å²) in [6, 6.07) is 0.637. The SMILES string of the molecule is CCCN(C)N(C)C1CC(C)(C)NC(C)(C)C1. The topological polar surface area (TPSA) is 18.5 Å². The van der Waals surface area contributed by atoms with Crippen molar-refractivity contribution in [2.24, 2.45) is 0 Å². The molecule has 0 unspecified atom stereocenters. The molecule has 1 rings (SSSR count). The summed E-state index contributed by atoms with van der Waals surface area (Å²) in [4.78, 5) is 0. The van der Waals surface area contributed by atoms with Crippen LogP contribution in [0, 0.1) is 0 Å². The first kappa shape index (κ1) is 14.9. The molecule has 0 spiro atoms. The molecule has 17 heavy (non-hydrogen) atoms. The highest BCUT2D eigenvalue weighted by Gasteiger charge is 2.39. The molecule has 0 amide bonds. The third kappa shape index (κ3) is 4.23. The molecule has 0 radical (unpaired) electrons. The third-order valence-corrected chi connectivity index (χ3v) is 3.78. The van der Waals surface area contributed by atoms with Crippen LogP contribution in [-0.4, -0.2) is 47.8 Å². The zero-order chi connectivity index (χ0) is 13.3. The van der Waals surface area contributed by atoms with Gasteiger partial charge in [-0.15, -0.1) is 0 Å². The summed E-state index contributed by atoms with van der Waals surface area (Å²) < 4.78 is 0. The molecule has 0 aliphatic carbocycles. The Morgan fingerprint density at radius 2 is 1.53 bits per heavy atom. The molecule has 0 saturated carbocycles. The molecule has 1 saturated heterocycles. The van der Waals surface area contributed by atoms with E-state index in [-0.39, 0.29) is 11.1 Å². The van der Waals surface area contributed by atoms with Gasteiger partial charge in [-0.2, -0.15) is 0 Å². The van der Waals surface area contributed by atoms with E-state index in [9.17, 15) is 0 Å². The second-order valence-electron chi connectivity index (χ2n) is 6.91. The van der Waals surface area contributed by atoms with Crippen LogP contribution in [0.15, 0.2) is 0 Å². The highest BCUT2D eigenvalue weighted by Crippen LogP contribution is 2.31. The Morgan fingerprint density at radius 3 is 1.94 bits per heavy atom. The van der Waals surface area contributed by atoms with Gasteiger partial charge in [-0.1, -0.05) is 6.92 Å².